The quantitative estimate of drug-likeness (QED) is 0.341. The lowest BCUT2D eigenvalue weighted by Crippen LogP contribution is -2.23. The van der Waals surface area contributed by atoms with Crippen molar-refractivity contribution in [2.45, 2.75) is 13.5 Å². The Morgan fingerprint density at radius 3 is 2.45 bits per heavy atom. The van der Waals surface area contributed by atoms with Crippen LogP contribution in [0, 0.1) is 6.92 Å². The van der Waals surface area contributed by atoms with Gasteiger partial charge in [-0.1, -0.05) is 36.4 Å². The molecule has 1 aromatic carbocycles. The molecule has 5 aromatic rings. The van der Waals surface area contributed by atoms with E-state index >= 15 is 0 Å². The molecule has 9 heteroatoms. The van der Waals surface area contributed by atoms with Crippen molar-refractivity contribution in [1.82, 2.24) is 29.8 Å². The van der Waals surface area contributed by atoms with Crippen molar-refractivity contribution in [2.24, 2.45) is 7.05 Å². The number of anilines is 2. The summed E-state index contributed by atoms with van der Waals surface area (Å²) in [4.78, 5) is 42.4. The molecule has 9 nitrogen and oxygen atoms in total. The van der Waals surface area contributed by atoms with Crippen LogP contribution in [0.3, 0.4) is 0 Å². The average molecular weight is 504 g/mol. The number of nitrogens with one attached hydrogen (secondary N) is 2. The van der Waals surface area contributed by atoms with Crippen LogP contribution in [0.4, 0.5) is 11.5 Å². The van der Waals surface area contributed by atoms with Crippen molar-refractivity contribution < 1.29 is 4.79 Å². The Morgan fingerprint density at radius 1 is 0.895 bits per heavy atom. The summed E-state index contributed by atoms with van der Waals surface area (Å²) in [6.45, 7) is 2.19. The Labute approximate surface area is 219 Å². The van der Waals surface area contributed by atoms with Gasteiger partial charge in [0.25, 0.3) is 11.5 Å². The van der Waals surface area contributed by atoms with Crippen LogP contribution in [-0.2, 0) is 13.6 Å². The van der Waals surface area contributed by atoms with Crippen molar-refractivity contribution in [1.29, 1.82) is 0 Å². The van der Waals surface area contributed by atoms with E-state index in [0.717, 1.165) is 22.5 Å². The highest BCUT2D eigenvalue weighted by atomic mass is 16.2. The van der Waals surface area contributed by atoms with Crippen LogP contribution in [0.1, 0.15) is 21.7 Å². The third-order valence-electron chi connectivity index (χ3n) is 5.83. The molecule has 0 aliphatic heterocycles. The number of pyridine rings is 3. The van der Waals surface area contributed by atoms with Gasteiger partial charge >= 0.3 is 0 Å². The van der Waals surface area contributed by atoms with Gasteiger partial charge in [-0.05, 0) is 36.8 Å². The normalized spacial score (nSPS) is 10.7. The van der Waals surface area contributed by atoms with Gasteiger partial charge in [-0.15, -0.1) is 0 Å². The van der Waals surface area contributed by atoms with Crippen molar-refractivity contribution in [3.05, 3.63) is 119 Å². The van der Waals surface area contributed by atoms with Crippen molar-refractivity contribution >= 4 is 17.4 Å². The van der Waals surface area contributed by atoms with Crippen LogP contribution in [0.25, 0.3) is 22.6 Å². The van der Waals surface area contributed by atoms with Gasteiger partial charge in [-0.3, -0.25) is 19.6 Å². The maximum Gasteiger partial charge on any atom is 0.270 e. The number of nitrogens with zero attached hydrogens (tertiary/aromatic N) is 5. The van der Waals surface area contributed by atoms with Gasteiger partial charge < -0.3 is 15.2 Å². The van der Waals surface area contributed by atoms with Crippen LogP contribution in [0.15, 0.2) is 96.2 Å². The molecular formula is C29H25N7O2. The number of rotatable bonds is 7. The highest BCUT2D eigenvalue weighted by Gasteiger charge is 2.11. The summed E-state index contributed by atoms with van der Waals surface area (Å²) in [6.07, 6.45) is 5.01. The zero-order chi connectivity index (χ0) is 26.5. The first-order valence-corrected chi connectivity index (χ1v) is 12.0. The maximum absolute atomic E-state index is 12.7. The lowest BCUT2D eigenvalue weighted by Gasteiger charge is -2.10. The summed E-state index contributed by atoms with van der Waals surface area (Å²) < 4.78 is 1.49. The van der Waals surface area contributed by atoms with E-state index in [0.29, 0.717) is 29.4 Å². The number of aryl methyl sites for hydroxylation is 2. The Hall–Kier alpha value is -5.18. The van der Waals surface area contributed by atoms with Crippen molar-refractivity contribution in [2.75, 3.05) is 5.32 Å². The smallest absolute Gasteiger partial charge is 0.270 e. The summed E-state index contributed by atoms with van der Waals surface area (Å²) >= 11 is 0. The number of carbonyl (C=O) groups excluding carboxylic acids is 1. The SMILES string of the molecule is Cc1cc(Nc2ccn(C)c(=O)c2)nc(-c2ccc(C(=O)NCc3ccc(-c4ccccc4)nc3)nc2)n1. The average Bonchev–Trinajstić information content (AvgIpc) is 2.94. The molecule has 1 amide bonds. The predicted molar refractivity (Wildman–Crippen MR) is 146 cm³/mol. The number of benzene rings is 1. The summed E-state index contributed by atoms with van der Waals surface area (Å²) in [5.74, 6) is 0.719. The molecule has 0 fully saturated rings. The summed E-state index contributed by atoms with van der Waals surface area (Å²) in [5.41, 5.74) is 5.01. The van der Waals surface area contributed by atoms with Gasteiger partial charge in [-0.2, -0.15) is 0 Å². The van der Waals surface area contributed by atoms with Crippen LogP contribution in [-0.4, -0.2) is 30.4 Å². The highest BCUT2D eigenvalue weighted by Crippen LogP contribution is 2.20. The minimum atomic E-state index is -0.290. The Bertz CT molecular complexity index is 1630. The standard InChI is InChI=1S/C29H25N7O2/c1-19-14-26(34-23-12-13-36(2)27(37)15-23)35-28(33-19)22-9-11-25(31-18-22)29(38)32-17-20-8-10-24(30-16-20)21-6-4-3-5-7-21/h3-16,18H,17H2,1-2H3,(H,32,38)(H,33,34,35). The molecular weight excluding hydrogens is 478 g/mol. The Balaban J connectivity index is 1.24. The van der Waals surface area contributed by atoms with Crippen LogP contribution < -0.4 is 16.2 Å². The number of hydrogen-bond acceptors (Lipinski definition) is 7. The van der Waals surface area contributed by atoms with Gasteiger partial charge in [0.05, 0.1) is 5.69 Å². The van der Waals surface area contributed by atoms with Crippen LogP contribution >= 0.6 is 0 Å². The van der Waals surface area contributed by atoms with E-state index in [1.54, 1.807) is 49.9 Å². The molecule has 0 aliphatic carbocycles. The van der Waals surface area contributed by atoms with E-state index in [2.05, 4.69) is 30.6 Å². The maximum atomic E-state index is 12.7. The number of carbonyl (C=O) groups is 1. The molecule has 0 unspecified atom stereocenters. The van der Waals surface area contributed by atoms with Gasteiger partial charge in [0.15, 0.2) is 5.82 Å². The first-order valence-electron chi connectivity index (χ1n) is 12.0. The van der Waals surface area contributed by atoms with E-state index < -0.39 is 0 Å². The fourth-order valence-corrected chi connectivity index (χ4v) is 3.78. The fourth-order valence-electron chi connectivity index (χ4n) is 3.78. The van der Waals surface area contributed by atoms with Crippen molar-refractivity contribution in [3.8, 4) is 22.6 Å². The van der Waals surface area contributed by atoms with Gasteiger partial charge in [-0.25, -0.2) is 9.97 Å². The second-order valence-electron chi connectivity index (χ2n) is 8.74. The topological polar surface area (TPSA) is 115 Å². The summed E-state index contributed by atoms with van der Waals surface area (Å²) in [5, 5.41) is 6.02. The summed E-state index contributed by atoms with van der Waals surface area (Å²) in [7, 11) is 1.69. The molecule has 0 saturated carbocycles. The van der Waals surface area contributed by atoms with E-state index in [-0.39, 0.29) is 17.2 Å². The Kier molecular flexibility index (Phi) is 6.99. The van der Waals surface area contributed by atoms with E-state index in [1.807, 2.05) is 49.4 Å². The molecule has 5 rings (SSSR count). The minimum absolute atomic E-state index is 0.125. The molecule has 0 atom stereocenters. The molecule has 0 spiro atoms. The minimum Gasteiger partial charge on any atom is -0.347 e. The molecule has 4 heterocycles. The van der Waals surface area contributed by atoms with E-state index in [9.17, 15) is 9.59 Å². The number of hydrogen-bond donors (Lipinski definition) is 2. The molecule has 0 saturated heterocycles. The third kappa shape index (κ3) is 5.79. The van der Waals surface area contributed by atoms with E-state index in [1.165, 1.54) is 10.6 Å². The van der Waals surface area contributed by atoms with Crippen LogP contribution in [0.5, 0.6) is 0 Å². The Morgan fingerprint density at radius 2 is 1.74 bits per heavy atom. The lowest BCUT2D eigenvalue weighted by molar-refractivity contribution is 0.0946. The van der Waals surface area contributed by atoms with E-state index in [4.69, 9.17) is 0 Å². The molecule has 0 radical (unpaired) electrons. The van der Waals surface area contributed by atoms with Gasteiger partial charge in [0.1, 0.15) is 11.5 Å². The fraction of sp³-hybridized carbons (Fsp3) is 0.103. The second kappa shape index (κ2) is 10.8. The lowest BCUT2D eigenvalue weighted by atomic mass is 10.1. The van der Waals surface area contributed by atoms with Gasteiger partial charge in [0.2, 0.25) is 0 Å². The summed E-state index contributed by atoms with van der Waals surface area (Å²) in [6, 6.07) is 22.3. The third-order valence-corrected chi connectivity index (χ3v) is 5.83. The molecule has 38 heavy (non-hydrogen) atoms. The molecule has 4 aromatic heterocycles. The van der Waals surface area contributed by atoms with Crippen molar-refractivity contribution in [3.63, 3.8) is 0 Å². The molecule has 188 valence electrons. The zero-order valence-corrected chi connectivity index (χ0v) is 20.9. The molecule has 0 aliphatic rings. The van der Waals surface area contributed by atoms with Crippen LogP contribution in [0.2, 0.25) is 0 Å². The molecule has 0 bridgehead atoms. The largest absolute Gasteiger partial charge is 0.347 e. The highest BCUT2D eigenvalue weighted by molar-refractivity contribution is 5.92. The monoisotopic (exact) mass is 503 g/mol. The number of amides is 1. The zero-order valence-electron chi connectivity index (χ0n) is 20.9. The second-order valence-corrected chi connectivity index (χ2v) is 8.74. The predicted octanol–water partition coefficient (Wildman–Crippen LogP) is 4.28. The first-order chi connectivity index (χ1) is 18.4. The number of aromatic nitrogens is 5. The molecule has 2 N–H and O–H groups in total. The first kappa shape index (κ1) is 24.5. The van der Waals surface area contributed by atoms with Gasteiger partial charge in [0, 0.05) is 66.8 Å².